The lowest BCUT2D eigenvalue weighted by Gasteiger charge is -2.28. The summed E-state index contributed by atoms with van der Waals surface area (Å²) in [5.41, 5.74) is 5.50. The van der Waals surface area contributed by atoms with E-state index in [9.17, 15) is 4.79 Å². The van der Waals surface area contributed by atoms with Gasteiger partial charge in [-0.15, -0.1) is 0 Å². The second-order valence-corrected chi connectivity index (χ2v) is 16.0. The largest absolute Gasteiger partial charge is 0.532 e. The lowest BCUT2D eigenvalue weighted by atomic mass is 9.92. The molecular weight excluding hydrogens is 793 g/mol. The van der Waals surface area contributed by atoms with Crippen molar-refractivity contribution >= 4 is 56.5 Å². The molecule has 0 aromatic heterocycles. The zero-order chi connectivity index (χ0) is 35.3. The van der Waals surface area contributed by atoms with E-state index < -0.39 is 23.2 Å². The molecule has 10 heteroatoms. The minimum Gasteiger partial charge on any atom is -0.408 e. The number of hydrogen-bond acceptors (Lipinski definition) is 7. The van der Waals surface area contributed by atoms with Crippen molar-refractivity contribution < 1.29 is 31.9 Å². The summed E-state index contributed by atoms with van der Waals surface area (Å²) in [6, 6.07) is 27.9. The highest BCUT2D eigenvalue weighted by Crippen LogP contribution is 2.56. The molecule has 0 saturated carbocycles. The molecule has 2 aliphatic rings. The van der Waals surface area contributed by atoms with Crippen LogP contribution in [0.2, 0.25) is 0 Å². The van der Waals surface area contributed by atoms with Crippen LogP contribution in [0.4, 0.5) is 0 Å². The van der Waals surface area contributed by atoms with Crippen LogP contribution in [-0.4, -0.2) is 5.97 Å². The van der Waals surface area contributed by atoms with E-state index in [2.05, 4.69) is 79.8 Å². The van der Waals surface area contributed by atoms with Crippen LogP contribution in [0.1, 0.15) is 86.3 Å². The number of hydrogen-bond donors (Lipinski definition) is 0. The molecule has 0 amide bonds. The Bertz CT molecular complexity index is 2010. The molecule has 2 aliphatic heterocycles. The molecule has 0 N–H and O–H groups in total. The first kappa shape index (κ1) is 35.8. The standard InChI is InChI=1S/C41H41IO7P2/c1-4-7-14-27-23-29(15-8-5-2)39(47-50-45-36-21-12-17-28-18-13-22-37(46-50)38(28)36)33(24-27)34-26-31(42)25-30(16-9-6-3)40(34)48-51-44-35-20-11-10-19-32(35)41(43)49-51/h10-13,17-26H,4-9,14-16H2,1-3H3. The summed E-state index contributed by atoms with van der Waals surface area (Å²) in [5, 5.41) is 2.00. The SMILES string of the molecule is CCCCc1cc(CCCC)c(OP2Oc3cccc4cccc(c34)O2)c(-c2cc(I)cc(CCCC)c2OP2OC(=O)c3ccccc3O2)c1. The Hall–Kier alpha value is -3.58. The van der Waals surface area contributed by atoms with Crippen LogP contribution in [0.5, 0.6) is 28.7 Å². The number of aryl methyl sites for hydroxylation is 3. The van der Waals surface area contributed by atoms with Gasteiger partial charge in [0.15, 0.2) is 0 Å². The first-order valence-corrected chi connectivity index (χ1v) is 21.0. The third-order valence-electron chi connectivity index (χ3n) is 9.01. The highest BCUT2D eigenvalue weighted by atomic mass is 127. The van der Waals surface area contributed by atoms with Crippen LogP contribution >= 0.6 is 39.8 Å². The molecule has 51 heavy (non-hydrogen) atoms. The predicted octanol–water partition coefficient (Wildman–Crippen LogP) is 13.1. The second kappa shape index (κ2) is 16.4. The molecule has 5 aromatic carbocycles. The molecule has 0 fully saturated rings. The van der Waals surface area contributed by atoms with Crippen LogP contribution in [0, 0.1) is 3.57 Å². The van der Waals surface area contributed by atoms with Gasteiger partial charge in [0.2, 0.25) is 0 Å². The molecule has 1 unspecified atom stereocenters. The van der Waals surface area contributed by atoms with E-state index in [4.69, 9.17) is 27.1 Å². The number of benzene rings is 5. The number of para-hydroxylation sites is 1. The van der Waals surface area contributed by atoms with E-state index in [0.29, 0.717) is 22.8 Å². The van der Waals surface area contributed by atoms with E-state index >= 15 is 0 Å². The van der Waals surface area contributed by atoms with Gasteiger partial charge >= 0.3 is 23.2 Å². The van der Waals surface area contributed by atoms with Crippen LogP contribution in [0.3, 0.4) is 0 Å². The number of carbonyl (C=O) groups is 1. The Morgan fingerprint density at radius 2 is 1.14 bits per heavy atom. The summed E-state index contributed by atoms with van der Waals surface area (Å²) in [6.45, 7) is 6.59. The minimum absolute atomic E-state index is 0.390. The molecule has 7 rings (SSSR count). The Morgan fingerprint density at radius 3 is 1.80 bits per heavy atom. The van der Waals surface area contributed by atoms with Crippen molar-refractivity contribution in [2.45, 2.75) is 78.6 Å². The molecule has 2 heterocycles. The van der Waals surface area contributed by atoms with Gasteiger partial charge in [-0.3, -0.25) is 0 Å². The van der Waals surface area contributed by atoms with E-state index in [1.165, 1.54) is 5.56 Å². The number of fused-ring (bicyclic) bond motifs is 1. The number of halogens is 1. The molecular formula is C41H41IO7P2. The van der Waals surface area contributed by atoms with Gasteiger partial charge in [0.1, 0.15) is 34.3 Å². The average Bonchev–Trinajstić information content (AvgIpc) is 3.13. The topological polar surface area (TPSA) is 72.5 Å². The molecule has 0 aliphatic carbocycles. The lowest BCUT2D eigenvalue weighted by molar-refractivity contribution is 0.0697. The number of rotatable bonds is 14. The number of carbonyl (C=O) groups excluding carboxylic acids is 1. The predicted molar refractivity (Wildman–Crippen MR) is 213 cm³/mol. The molecule has 1 atom stereocenters. The Kier molecular flexibility index (Phi) is 11.5. The van der Waals surface area contributed by atoms with Crippen molar-refractivity contribution in [3.05, 3.63) is 111 Å². The average molecular weight is 835 g/mol. The van der Waals surface area contributed by atoms with Gasteiger partial charge in [0.05, 0.1) is 5.39 Å². The summed E-state index contributed by atoms with van der Waals surface area (Å²) in [4.78, 5) is 13.1. The summed E-state index contributed by atoms with van der Waals surface area (Å²) in [7, 11) is -3.90. The first-order chi connectivity index (χ1) is 24.9. The van der Waals surface area contributed by atoms with Crippen molar-refractivity contribution in [2.24, 2.45) is 0 Å². The van der Waals surface area contributed by atoms with Crippen LogP contribution < -0.4 is 22.6 Å². The van der Waals surface area contributed by atoms with Crippen LogP contribution in [0.15, 0.2) is 84.9 Å². The van der Waals surface area contributed by atoms with Crippen molar-refractivity contribution in [3.63, 3.8) is 0 Å². The zero-order valence-corrected chi connectivity index (χ0v) is 33.0. The van der Waals surface area contributed by atoms with Crippen molar-refractivity contribution in [3.8, 4) is 39.9 Å². The van der Waals surface area contributed by atoms with Crippen molar-refractivity contribution in [1.29, 1.82) is 0 Å². The molecule has 0 radical (unpaired) electrons. The lowest BCUT2D eigenvalue weighted by Crippen LogP contribution is -2.15. The third-order valence-corrected chi connectivity index (χ3v) is 11.6. The molecule has 264 valence electrons. The van der Waals surface area contributed by atoms with Gasteiger partial charge in [-0.1, -0.05) is 82.5 Å². The molecule has 0 saturated heterocycles. The van der Waals surface area contributed by atoms with Crippen LogP contribution in [-0.2, 0) is 23.8 Å². The first-order valence-electron chi connectivity index (χ1n) is 17.8. The summed E-state index contributed by atoms with van der Waals surface area (Å²) >= 11 is 2.38. The molecule has 5 aromatic rings. The molecule has 0 bridgehead atoms. The third kappa shape index (κ3) is 7.94. The molecule has 0 spiro atoms. The van der Waals surface area contributed by atoms with Gasteiger partial charge in [-0.2, -0.15) is 0 Å². The Morgan fingerprint density at radius 1 is 0.588 bits per heavy atom. The molecule has 7 nitrogen and oxygen atoms in total. The van der Waals surface area contributed by atoms with E-state index in [1.807, 2.05) is 30.3 Å². The second-order valence-electron chi connectivity index (χ2n) is 12.8. The normalized spacial score (nSPS) is 15.0. The fraction of sp³-hybridized carbons (Fsp3) is 0.293. The van der Waals surface area contributed by atoms with Gasteiger partial charge in [-0.25, -0.2) is 4.79 Å². The van der Waals surface area contributed by atoms with Gasteiger partial charge in [0.25, 0.3) is 0 Å². The highest BCUT2D eigenvalue weighted by molar-refractivity contribution is 14.1. The van der Waals surface area contributed by atoms with Gasteiger partial charge in [-0.05, 0) is 126 Å². The van der Waals surface area contributed by atoms with Gasteiger partial charge < -0.3 is 27.1 Å². The maximum Gasteiger partial charge on any atom is 0.532 e. The maximum atomic E-state index is 13.1. The fourth-order valence-electron chi connectivity index (χ4n) is 6.41. The summed E-state index contributed by atoms with van der Waals surface area (Å²) in [6.07, 6.45) is 8.74. The van der Waals surface area contributed by atoms with Crippen molar-refractivity contribution in [2.75, 3.05) is 0 Å². The smallest absolute Gasteiger partial charge is 0.408 e. The van der Waals surface area contributed by atoms with Crippen LogP contribution in [0.25, 0.3) is 21.9 Å². The van der Waals surface area contributed by atoms with Crippen molar-refractivity contribution in [1.82, 2.24) is 0 Å². The van der Waals surface area contributed by atoms with E-state index in [-0.39, 0.29) is 0 Å². The summed E-state index contributed by atoms with van der Waals surface area (Å²) in [5.74, 6) is 2.84. The highest BCUT2D eigenvalue weighted by Gasteiger charge is 2.35. The Balaban J connectivity index is 1.36. The maximum absolute atomic E-state index is 13.1. The fourth-order valence-corrected chi connectivity index (χ4v) is 9.23. The monoisotopic (exact) mass is 834 g/mol. The van der Waals surface area contributed by atoms with E-state index in [1.54, 1.807) is 18.2 Å². The Labute approximate surface area is 316 Å². The zero-order valence-electron chi connectivity index (χ0n) is 29.1. The van der Waals surface area contributed by atoms with E-state index in [0.717, 1.165) is 106 Å². The number of unbranched alkanes of at least 4 members (excludes halogenated alkanes) is 3. The van der Waals surface area contributed by atoms with Gasteiger partial charge in [0, 0.05) is 14.7 Å². The summed E-state index contributed by atoms with van der Waals surface area (Å²) < 4.78 is 39.6. The quantitative estimate of drug-likeness (QED) is 0.0815. The minimum atomic E-state index is -2.07.